The Morgan fingerprint density at radius 2 is 2.11 bits per heavy atom. The van der Waals surface area contributed by atoms with Crippen molar-refractivity contribution in [1.29, 1.82) is 0 Å². The average molecular weight is 295 g/mol. The van der Waals surface area contributed by atoms with Gasteiger partial charge >= 0.3 is 0 Å². The van der Waals surface area contributed by atoms with E-state index in [9.17, 15) is 4.79 Å². The summed E-state index contributed by atoms with van der Waals surface area (Å²) in [5, 5.41) is 2.84. The third kappa shape index (κ3) is 3.13. The van der Waals surface area contributed by atoms with Crippen LogP contribution in [0.1, 0.15) is 16.1 Å². The minimum Gasteiger partial charge on any atom is -0.451 e. The summed E-state index contributed by atoms with van der Waals surface area (Å²) >= 11 is 10.6. The molecule has 1 amide bonds. The van der Waals surface area contributed by atoms with Crippen LogP contribution in [0.3, 0.4) is 0 Å². The van der Waals surface area contributed by atoms with Crippen molar-refractivity contribution in [2.45, 2.75) is 6.92 Å². The van der Waals surface area contributed by atoms with E-state index in [0.29, 0.717) is 10.8 Å². The lowest BCUT2D eigenvalue weighted by molar-refractivity contribution is 0.0951. The maximum atomic E-state index is 11.6. The second-order valence-electron chi connectivity index (χ2n) is 3.95. The Balaban J connectivity index is 2.27. The van der Waals surface area contributed by atoms with Crippen LogP contribution in [-0.2, 0) is 0 Å². The molecule has 0 fully saturated rings. The van der Waals surface area contributed by atoms with Gasteiger partial charge in [-0.15, -0.1) is 0 Å². The second kappa shape index (κ2) is 5.42. The zero-order valence-electron chi connectivity index (χ0n) is 10.1. The van der Waals surface area contributed by atoms with E-state index in [1.165, 1.54) is 0 Å². The van der Waals surface area contributed by atoms with Crippen LogP contribution in [0.15, 0.2) is 34.7 Å². The first kappa shape index (κ1) is 13.6. The zero-order valence-corrected chi connectivity index (χ0v) is 11.6. The Hall–Kier alpha value is -1.85. The van der Waals surface area contributed by atoms with Crippen molar-refractivity contribution in [3.05, 3.63) is 46.7 Å². The summed E-state index contributed by atoms with van der Waals surface area (Å²) in [4.78, 5) is 11.6. The van der Waals surface area contributed by atoms with Crippen LogP contribution in [0.4, 0.5) is 0 Å². The smallest absolute Gasteiger partial charge is 0.293 e. The van der Waals surface area contributed by atoms with Crippen LogP contribution in [0.5, 0.6) is 0 Å². The number of nitrogens with one attached hydrogen (secondary N) is 1. The van der Waals surface area contributed by atoms with Crippen LogP contribution in [0.2, 0.25) is 5.02 Å². The van der Waals surface area contributed by atoms with E-state index in [2.05, 4.69) is 17.5 Å². The quantitative estimate of drug-likeness (QED) is 0.836. The topological polar surface area (TPSA) is 68.3 Å². The minimum absolute atomic E-state index is 0.0960. The number of rotatable bonds is 2. The number of benzene rings is 1. The Morgan fingerprint density at radius 1 is 1.37 bits per heavy atom. The molecule has 0 saturated carbocycles. The number of amides is 1. The Morgan fingerprint density at radius 3 is 2.74 bits per heavy atom. The fourth-order valence-electron chi connectivity index (χ4n) is 1.53. The van der Waals surface area contributed by atoms with Crippen molar-refractivity contribution in [3.8, 4) is 11.3 Å². The normalized spacial score (nSPS) is 10.2. The highest BCUT2D eigenvalue weighted by molar-refractivity contribution is 7.80. The Bertz CT molecular complexity index is 652. The standard InChI is InChI=1S/C13H11ClN2O2S/c1-7-2-3-8(6-9(7)14)10-4-5-11(18-10)12(17)16-13(15)19/h2-6H,1H3,(H3,15,16,17,19). The van der Waals surface area contributed by atoms with Gasteiger partial charge in [0.25, 0.3) is 5.91 Å². The lowest BCUT2D eigenvalue weighted by Gasteiger charge is -2.01. The average Bonchev–Trinajstić information content (AvgIpc) is 2.81. The predicted molar refractivity (Wildman–Crippen MR) is 78.1 cm³/mol. The van der Waals surface area contributed by atoms with Crippen LogP contribution >= 0.6 is 23.8 Å². The molecule has 19 heavy (non-hydrogen) atoms. The van der Waals surface area contributed by atoms with E-state index < -0.39 is 5.91 Å². The maximum absolute atomic E-state index is 11.6. The highest BCUT2D eigenvalue weighted by atomic mass is 35.5. The number of aryl methyl sites for hydroxylation is 1. The van der Waals surface area contributed by atoms with Crippen molar-refractivity contribution in [2.24, 2.45) is 5.73 Å². The van der Waals surface area contributed by atoms with Crippen LogP contribution in [0, 0.1) is 6.92 Å². The summed E-state index contributed by atoms with van der Waals surface area (Å²) in [5.74, 6) is 0.214. The summed E-state index contributed by atoms with van der Waals surface area (Å²) in [6.07, 6.45) is 0. The molecule has 2 rings (SSSR count). The fourth-order valence-corrected chi connectivity index (χ4v) is 1.81. The summed E-state index contributed by atoms with van der Waals surface area (Å²) < 4.78 is 5.44. The molecule has 1 aromatic heterocycles. The fraction of sp³-hybridized carbons (Fsp3) is 0.0769. The third-order valence-corrected chi connectivity index (χ3v) is 3.03. The number of nitrogens with two attached hydrogens (primary N) is 1. The van der Waals surface area contributed by atoms with Crippen molar-refractivity contribution in [2.75, 3.05) is 0 Å². The van der Waals surface area contributed by atoms with Gasteiger partial charge in [0.1, 0.15) is 5.76 Å². The molecular formula is C13H11ClN2O2S. The van der Waals surface area contributed by atoms with Crippen LogP contribution < -0.4 is 11.1 Å². The van der Waals surface area contributed by atoms with Gasteiger partial charge < -0.3 is 10.2 Å². The molecule has 1 heterocycles. The molecule has 4 nitrogen and oxygen atoms in total. The largest absolute Gasteiger partial charge is 0.451 e. The third-order valence-electron chi connectivity index (χ3n) is 2.52. The summed E-state index contributed by atoms with van der Waals surface area (Å²) in [6, 6.07) is 8.78. The zero-order chi connectivity index (χ0) is 14.0. The van der Waals surface area contributed by atoms with Crippen LogP contribution in [0.25, 0.3) is 11.3 Å². The second-order valence-corrected chi connectivity index (χ2v) is 4.79. The first-order valence-corrected chi connectivity index (χ1v) is 6.23. The SMILES string of the molecule is Cc1ccc(-c2ccc(C(=O)NC(N)=S)o2)cc1Cl. The number of thiocarbonyl (C=S) groups is 1. The van der Waals surface area contributed by atoms with Gasteiger partial charge in [-0.05, 0) is 42.9 Å². The van der Waals surface area contributed by atoms with E-state index in [-0.39, 0.29) is 10.9 Å². The molecule has 0 atom stereocenters. The molecular weight excluding hydrogens is 284 g/mol. The molecule has 0 aliphatic rings. The van der Waals surface area contributed by atoms with E-state index in [1.54, 1.807) is 18.2 Å². The molecule has 6 heteroatoms. The van der Waals surface area contributed by atoms with Gasteiger partial charge in [-0.3, -0.25) is 10.1 Å². The van der Waals surface area contributed by atoms with Gasteiger partial charge in [0.2, 0.25) is 0 Å². The highest BCUT2D eigenvalue weighted by Gasteiger charge is 2.13. The summed E-state index contributed by atoms with van der Waals surface area (Å²) in [7, 11) is 0. The number of carbonyl (C=O) groups excluding carboxylic acids is 1. The van der Waals surface area contributed by atoms with Crippen molar-refractivity contribution in [1.82, 2.24) is 5.32 Å². The van der Waals surface area contributed by atoms with Crippen molar-refractivity contribution in [3.63, 3.8) is 0 Å². The Labute approximate surface area is 120 Å². The van der Waals surface area contributed by atoms with Gasteiger partial charge in [-0.1, -0.05) is 23.7 Å². The maximum Gasteiger partial charge on any atom is 0.293 e. The molecule has 0 saturated heterocycles. The molecule has 0 unspecified atom stereocenters. The van der Waals surface area contributed by atoms with Gasteiger partial charge in [-0.2, -0.15) is 0 Å². The molecule has 0 bridgehead atoms. The molecule has 0 radical (unpaired) electrons. The minimum atomic E-state index is -0.475. The summed E-state index contributed by atoms with van der Waals surface area (Å²) in [5.41, 5.74) is 7.00. The van der Waals surface area contributed by atoms with Gasteiger partial charge in [-0.25, -0.2) is 0 Å². The van der Waals surface area contributed by atoms with Crippen molar-refractivity contribution >= 4 is 34.8 Å². The summed E-state index contributed by atoms with van der Waals surface area (Å²) in [6.45, 7) is 1.91. The molecule has 2 aromatic rings. The molecule has 0 spiro atoms. The number of halogens is 1. The first-order chi connectivity index (χ1) is 8.97. The molecule has 3 N–H and O–H groups in total. The first-order valence-electron chi connectivity index (χ1n) is 5.44. The molecule has 1 aromatic carbocycles. The van der Waals surface area contributed by atoms with Gasteiger partial charge in [0.05, 0.1) is 0 Å². The molecule has 0 aliphatic carbocycles. The highest BCUT2D eigenvalue weighted by Crippen LogP contribution is 2.26. The van der Waals surface area contributed by atoms with E-state index in [0.717, 1.165) is 11.1 Å². The Kier molecular flexibility index (Phi) is 3.87. The van der Waals surface area contributed by atoms with Gasteiger partial charge in [0.15, 0.2) is 10.9 Å². The van der Waals surface area contributed by atoms with E-state index in [1.807, 2.05) is 19.1 Å². The van der Waals surface area contributed by atoms with E-state index in [4.69, 9.17) is 21.8 Å². The lowest BCUT2D eigenvalue weighted by Crippen LogP contribution is -2.34. The number of hydrogen-bond acceptors (Lipinski definition) is 3. The molecule has 0 aliphatic heterocycles. The monoisotopic (exact) mass is 294 g/mol. The predicted octanol–water partition coefficient (Wildman–Crippen LogP) is 2.88. The molecule has 98 valence electrons. The van der Waals surface area contributed by atoms with Crippen molar-refractivity contribution < 1.29 is 9.21 Å². The van der Waals surface area contributed by atoms with Gasteiger partial charge in [0, 0.05) is 10.6 Å². The number of carbonyl (C=O) groups is 1. The van der Waals surface area contributed by atoms with Crippen LogP contribution in [-0.4, -0.2) is 11.0 Å². The number of hydrogen-bond donors (Lipinski definition) is 2. The van der Waals surface area contributed by atoms with E-state index >= 15 is 0 Å². The number of furan rings is 1. The lowest BCUT2D eigenvalue weighted by atomic mass is 10.1.